The number of hydrogen-bond acceptors (Lipinski definition) is 2. The normalized spacial score (nSPS) is 11.7. The Morgan fingerprint density at radius 1 is 0.826 bits per heavy atom. The van der Waals surface area contributed by atoms with Crippen molar-refractivity contribution in [3.8, 4) is 11.1 Å². The molecule has 3 aromatic carbocycles. The zero-order valence-corrected chi connectivity index (χ0v) is 12.8. The van der Waals surface area contributed by atoms with Crippen LogP contribution in [0.2, 0.25) is 0 Å². The zero-order chi connectivity index (χ0) is 15.6. The van der Waals surface area contributed by atoms with Gasteiger partial charge >= 0.3 is 0 Å². The summed E-state index contributed by atoms with van der Waals surface area (Å²) in [5.41, 5.74) is 6.89. The molecule has 2 nitrogen and oxygen atoms in total. The monoisotopic (exact) mass is 299 g/mol. The molecule has 1 aliphatic carbocycles. The van der Waals surface area contributed by atoms with E-state index in [1.54, 1.807) is 0 Å². The first-order valence-electron chi connectivity index (χ1n) is 7.84. The number of para-hydroxylation sites is 1. The van der Waals surface area contributed by atoms with E-state index in [0.717, 1.165) is 17.7 Å². The molecule has 112 valence electrons. The molecule has 0 saturated heterocycles. The molecule has 0 heterocycles. The van der Waals surface area contributed by atoms with E-state index in [1.807, 2.05) is 42.5 Å². The van der Waals surface area contributed by atoms with Gasteiger partial charge in [0.1, 0.15) is 0 Å². The molecule has 0 aromatic heterocycles. The van der Waals surface area contributed by atoms with E-state index >= 15 is 0 Å². The lowest BCUT2D eigenvalue weighted by Crippen LogP contribution is -2.14. The number of Topliss-reactive ketones (excluding diaryl/α,β-unsaturated/α-hetero) is 1. The van der Waals surface area contributed by atoms with Gasteiger partial charge in [0.15, 0.2) is 5.78 Å². The van der Waals surface area contributed by atoms with Crippen LogP contribution in [0, 0.1) is 0 Å². The molecule has 0 atom stereocenters. The third-order valence-electron chi connectivity index (χ3n) is 4.34. The highest BCUT2D eigenvalue weighted by molar-refractivity contribution is 6.00. The molecule has 1 N–H and O–H groups in total. The van der Waals surface area contributed by atoms with Gasteiger partial charge in [-0.2, -0.15) is 0 Å². The van der Waals surface area contributed by atoms with E-state index < -0.39 is 0 Å². The number of fused-ring (bicyclic) bond motifs is 3. The second-order valence-corrected chi connectivity index (χ2v) is 5.85. The maximum absolute atomic E-state index is 12.4. The van der Waals surface area contributed by atoms with Crippen LogP contribution in [0.25, 0.3) is 11.1 Å². The molecule has 3 aromatic rings. The maximum atomic E-state index is 12.4. The Morgan fingerprint density at radius 3 is 2.43 bits per heavy atom. The SMILES string of the molecule is O=C(CNc1ccccc1)c1ccc2c(c1)Cc1ccccc1-2. The minimum Gasteiger partial charge on any atom is -0.378 e. The molecular weight excluding hydrogens is 282 g/mol. The molecule has 0 spiro atoms. The number of benzene rings is 3. The highest BCUT2D eigenvalue weighted by Crippen LogP contribution is 2.36. The summed E-state index contributed by atoms with van der Waals surface area (Å²) >= 11 is 0. The van der Waals surface area contributed by atoms with Gasteiger partial charge in [0, 0.05) is 11.3 Å². The van der Waals surface area contributed by atoms with Crippen LogP contribution in [-0.2, 0) is 6.42 Å². The highest BCUT2D eigenvalue weighted by Gasteiger charge is 2.19. The largest absolute Gasteiger partial charge is 0.378 e. The van der Waals surface area contributed by atoms with Gasteiger partial charge in [-0.3, -0.25) is 4.79 Å². The van der Waals surface area contributed by atoms with Crippen molar-refractivity contribution in [3.05, 3.63) is 89.5 Å². The first-order chi connectivity index (χ1) is 11.3. The Kier molecular flexibility index (Phi) is 3.43. The standard InChI is InChI=1S/C21H17NO/c23-21(14-22-18-7-2-1-3-8-18)16-10-11-20-17(13-16)12-15-6-4-5-9-19(15)20/h1-11,13,22H,12,14H2. The average Bonchev–Trinajstić information content (AvgIpc) is 2.98. The number of rotatable bonds is 4. The second kappa shape index (κ2) is 5.73. The summed E-state index contributed by atoms with van der Waals surface area (Å²) < 4.78 is 0. The molecule has 4 rings (SSSR count). The molecule has 0 radical (unpaired) electrons. The predicted octanol–water partition coefficient (Wildman–Crippen LogP) is 4.55. The predicted molar refractivity (Wildman–Crippen MR) is 93.9 cm³/mol. The molecule has 0 fully saturated rings. The Labute approximate surface area is 135 Å². The van der Waals surface area contributed by atoms with Crippen LogP contribution in [0.4, 0.5) is 5.69 Å². The van der Waals surface area contributed by atoms with Crippen LogP contribution in [0.15, 0.2) is 72.8 Å². The van der Waals surface area contributed by atoms with E-state index in [4.69, 9.17) is 0 Å². The molecule has 1 aliphatic rings. The fraction of sp³-hybridized carbons (Fsp3) is 0.0952. The van der Waals surface area contributed by atoms with Gasteiger partial charge in [-0.05, 0) is 46.9 Å². The minimum absolute atomic E-state index is 0.118. The van der Waals surface area contributed by atoms with E-state index in [-0.39, 0.29) is 5.78 Å². The van der Waals surface area contributed by atoms with Crippen LogP contribution >= 0.6 is 0 Å². The van der Waals surface area contributed by atoms with E-state index in [2.05, 4.69) is 35.6 Å². The number of anilines is 1. The van der Waals surface area contributed by atoms with Gasteiger partial charge in [0.05, 0.1) is 6.54 Å². The molecule has 0 amide bonds. The fourth-order valence-corrected chi connectivity index (χ4v) is 3.16. The van der Waals surface area contributed by atoms with Crippen molar-refractivity contribution in [1.29, 1.82) is 0 Å². The number of ketones is 1. The Morgan fingerprint density at radius 2 is 1.57 bits per heavy atom. The smallest absolute Gasteiger partial charge is 0.181 e. The fourth-order valence-electron chi connectivity index (χ4n) is 3.16. The summed E-state index contributed by atoms with van der Waals surface area (Å²) in [6.07, 6.45) is 0.915. The lowest BCUT2D eigenvalue weighted by molar-refractivity contribution is 0.101. The van der Waals surface area contributed by atoms with Gasteiger partial charge in [0.2, 0.25) is 0 Å². The number of nitrogens with one attached hydrogen (secondary N) is 1. The number of carbonyl (C=O) groups is 1. The van der Waals surface area contributed by atoms with Crippen molar-refractivity contribution in [1.82, 2.24) is 0 Å². The van der Waals surface area contributed by atoms with Crippen molar-refractivity contribution in [2.24, 2.45) is 0 Å². The minimum atomic E-state index is 0.118. The van der Waals surface area contributed by atoms with Crippen molar-refractivity contribution in [2.45, 2.75) is 6.42 Å². The lowest BCUT2D eigenvalue weighted by Gasteiger charge is -2.07. The van der Waals surface area contributed by atoms with Crippen LogP contribution in [-0.4, -0.2) is 12.3 Å². The van der Waals surface area contributed by atoms with Gasteiger partial charge in [0.25, 0.3) is 0 Å². The average molecular weight is 299 g/mol. The van der Waals surface area contributed by atoms with Gasteiger partial charge in [-0.25, -0.2) is 0 Å². The van der Waals surface area contributed by atoms with Gasteiger partial charge < -0.3 is 5.32 Å². The molecule has 0 saturated carbocycles. The Hall–Kier alpha value is -2.87. The van der Waals surface area contributed by atoms with Crippen LogP contribution in [0.1, 0.15) is 21.5 Å². The number of carbonyl (C=O) groups excluding carboxylic acids is 1. The summed E-state index contributed by atoms with van der Waals surface area (Å²) in [6, 6.07) is 24.3. The van der Waals surface area contributed by atoms with Crippen molar-refractivity contribution in [3.63, 3.8) is 0 Å². The lowest BCUT2D eigenvalue weighted by atomic mass is 10.0. The van der Waals surface area contributed by atoms with Crippen LogP contribution in [0.5, 0.6) is 0 Å². The molecule has 23 heavy (non-hydrogen) atoms. The van der Waals surface area contributed by atoms with Gasteiger partial charge in [-0.15, -0.1) is 0 Å². The van der Waals surface area contributed by atoms with E-state index in [9.17, 15) is 4.79 Å². The van der Waals surface area contributed by atoms with E-state index in [1.165, 1.54) is 22.3 Å². The highest BCUT2D eigenvalue weighted by atomic mass is 16.1. The molecular formula is C21H17NO. The van der Waals surface area contributed by atoms with Crippen molar-refractivity contribution < 1.29 is 4.79 Å². The summed E-state index contributed by atoms with van der Waals surface area (Å²) in [5, 5.41) is 3.18. The maximum Gasteiger partial charge on any atom is 0.181 e. The third-order valence-corrected chi connectivity index (χ3v) is 4.34. The summed E-state index contributed by atoms with van der Waals surface area (Å²) in [5.74, 6) is 0.118. The van der Waals surface area contributed by atoms with E-state index in [0.29, 0.717) is 6.54 Å². The third kappa shape index (κ3) is 2.64. The topological polar surface area (TPSA) is 29.1 Å². The quantitative estimate of drug-likeness (QED) is 0.560. The molecule has 2 heteroatoms. The van der Waals surface area contributed by atoms with Crippen molar-refractivity contribution in [2.75, 3.05) is 11.9 Å². The first kappa shape index (κ1) is 13.8. The summed E-state index contributed by atoms with van der Waals surface area (Å²) in [6.45, 7) is 0.315. The zero-order valence-electron chi connectivity index (χ0n) is 12.8. The molecule has 0 unspecified atom stereocenters. The first-order valence-corrected chi connectivity index (χ1v) is 7.84. The van der Waals surface area contributed by atoms with Crippen molar-refractivity contribution >= 4 is 11.5 Å². The molecule has 0 aliphatic heterocycles. The molecule has 0 bridgehead atoms. The number of hydrogen-bond donors (Lipinski definition) is 1. The second-order valence-electron chi connectivity index (χ2n) is 5.85. The Balaban J connectivity index is 1.53. The van der Waals surface area contributed by atoms with Crippen LogP contribution in [0.3, 0.4) is 0 Å². The Bertz CT molecular complexity index is 868. The summed E-state index contributed by atoms with van der Waals surface area (Å²) in [4.78, 5) is 12.4. The van der Waals surface area contributed by atoms with Crippen LogP contribution < -0.4 is 5.32 Å². The van der Waals surface area contributed by atoms with Gasteiger partial charge in [-0.1, -0.05) is 54.6 Å². The summed E-state index contributed by atoms with van der Waals surface area (Å²) in [7, 11) is 0.